The first kappa shape index (κ1) is 10.7. The van der Waals surface area contributed by atoms with Gasteiger partial charge in [-0.05, 0) is 18.4 Å². The van der Waals surface area contributed by atoms with Gasteiger partial charge in [-0.15, -0.1) is 0 Å². The lowest BCUT2D eigenvalue weighted by molar-refractivity contribution is 0.0697. The molecule has 0 bridgehead atoms. The third-order valence-electron chi connectivity index (χ3n) is 2.61. The Labute approximate surface area is 94.1 Å². The van der Waals surface area contributed by atoms with Crippen molar-refractivity contribution in [3.63, 3.8) is 0 Å². The second kappa shape index (κ2) is 4.00. The number of nitrogens with one attached hydrogen (secondary N) is 1. The van der Waals surface area contributed by atoms with E-state index in [1.165, 1.54) is 0 Å². The van der Waals surface area contributed by atoms with Gasteiger partial charge in [0.1, 0.15) is 0 Å². The van der Waals surface area contributed by atoms with Crippen LogP contribution in [0.1, 0.15) is 29.9 Å². The van der Waals surface area contributed by atoms with Crippen molar-refractivity contribution in [1.82, 2.24) is 4.98 Å². The average molecular weight is 217 g/mol. The number of aromatic nitrogens is 1. The van der Waals surface area contributed by atoms with Crippen LogP contribution in [0.15, 0.2) is 24.3 Å². The lowest BCUT2D eigenvalue weighted by Crippen LogP contribution is -2.03. The molecular formula is C13H15NO2. The van der Waals surface area contributed by atoms with Crippen LogP contribution >= 0.6 is 0 Å². The van der Waals surface area contributed by atoms with E-state index < -0.39 is 5.97 Å². The number of carboxylic acid groups (broad SMARTS) is 1. The van der Waals surface area contributed by atoms with Crippen molar-refractivity contribution >= 4 is 16.9 Å². The summed E-state index contributed by atoms with van der Waals surface area (Å²) in [6, 6.07) is 7.52. The van der Waals surface area contributed by atoms with Gasteiger partial charge in [-0.25, -0.2) is 4.79 Å². The van der Waals surface area contributed by atoms with E-state index in [0.717, 1.165) is 23.0 Å². The van der Waals surface area contributed by atoms with Gasteiger partial charge in [0, 0.05) is 16.6 Å². The number of benzene rings is 1. The van der Waals surface area contributed by atoms with Crippen LogP contribution in [0.2, 0.25) is 0 Å². The zero-order valence-corrected chi connectivity index (χ0v) is 9.45. The Bertz CT molecular complexity index is 526. The predicted molar refractivity (Wildman–Crippen MR) is 63.8 cm³/mol. The zero-order valence-electron chi connectivity index (χ0n) is 9.45. The molecule has 1 aromatic heterocycles. The number of para-hydroxylation sites is 1. The molecule has 16 heavy (non-hydrogen) atoms. The van der Waals surface area contributed by atoms with Crippen LogP contribution in [0, 0.1) is 5.92 Å². The molecule has 0 saturated heterocycles. The van der Waals surface area contributed by atoms with Crippen LogP contribution in [0.3, 0.4) is 0 Å². The van der Waals surface area contributed by atoms with E-state index in [1.807, 2.05) is 24.3 Å². The van der Waals surface area contributed by atoms with Crippen molar-refractivity contribution in [2.45, 2.75) is 20.3 Å². The Hall–Kier alpha value is -1.77. The number of rotatable bonds is 3. The van der Waals surface area contributed by atoms with Crippen molar-refractivity contribution in [1.29, 1.82) is 0 Å². The Morgan fingerprint density at radius 3 is 2.69 bits per heavy atom. The minimum absolute atomic E-state index is 0.421. The number of aromatic carboxylic acids is 1. The van der Waals surface area contributed by atoms with Crippen molar-refractivity contribution < 1.29 is 9.90 Å². The minimum Gasteiger partial charge on any atom is -0.478 e. The molecule has 2 N–H and O–H groups in total. The van der Waals surface area contributed by atoms with Crippen LogP contribution < -0.4 is 0 Å². The molecule has 0 fully saturated rings. The third kappa shape index (κ3) is 1.81. The molecule has 0 radical (unpaired) electrons. The Morgan fingerprint density at radius 2 is 2.06 bits per heavy atom. The highest BCUT2D eigenvalue weighted by Gasteiger charge is 2.17. The summed E-state index contributed by atoms with van der Waals surface area (Å²) in [6.07, 6.45) is 0.760. The molecular weight excluding hydrogens is 202 g/mol. The van der Waals surface area contributed by atoms with E-state index >= 15 is 0 Å². The van der Waals surface area contributed by atoms with Gasteiger partial charge < -0.3 is 10.1 Å². The summed E-state index contributed by atoms with van der Waals surface area (Å²) in [5.74, 6) is -0.417. The van der Waals surface area contributed by atoms with Gasteiger partial charge in [0.15, 0.2) is 0 Å². The molecule has 0 aliphatic heterocycles. The van der Waals surface area contributed by atoms with E-state index in [-0.39, 0.29) is 0 Å². The second-order valence-corrected chi connectivity index (χ2v) is 4.43. The molecule has 1 aromatic carbocycles. The van der Waals surface area contributed by atoms with Gasteiger partial charge >= 0.3 is 5.97 Å². The van der Waals surface area contributed by atoms with Crippen molar-refractivity contribution in [3.8, 4) is 0 Å². The fourth-order valence-corrected chi connectivity index (χ4v) is 2.00. The van der Waals surface area contributed by atoms with Crippen molar-refractivity contribution in [3.05, 3.63) is 35.5 Å². The van der Waals surface area contributed by atoms with Crippen molar-refractivity contribution in [2.24, 2.45) is 5.92 Å². The lowest BCUT2D eigenvalue weighted by atomic mass is 10.0. The number of fused-ring (bicyclic) bond motifs is 1. The highest BCUT2D eigenvalue weighted by Crippen LogP contribution is 2.24. The molecule has 0 aliphatic rings. The molecule has 0 atom stereocenters. The highest BCUT2D eigenvalue weighted by molar-refractivity contribution is 6.04. The van der Waals surface area contributed by atoms with Crippen LogP contribution in [0.4, 0.5) is 0 Å². The number of aromatic amines is 1. The van der Waals surface area contributed by atoms with Gasteiger partial charge in [-0.1, -0.05) is 32.0 Å². The maximum Gasteiger partial charge on any atom is 0.338 e. The number of hydrogen-bond acceptors (Lipinski definition) is 1. The van der Waals surface area contributed by atoms with Crippen LogP contribution in [0.5, 0.6) is 0 Å². The quantitative estimate of drug-likeness (QED) is 0.830. The summed E-state index contributed by atoms with van der Waals surface area (Å²) in [5, 5.41) is 10.0. The second-order valence-electron chi connectivity index (χ2n) is 4.43. The topological polar surface area (TPSA) is 53.1 Å². The van der Waals surface area contributed by atoms with Crippen LogP contribution in [-0.2, 0) is 6.42 Å². The summed E-state index contributed by atoms with van der Waals surface area (Å²) in [7, 11) is 0. The number of carbonyl (C=O) groups is 1. The van der Waals surface area contributed by atoms with E-state index in [2.05, 4.69) is 18.8 Å². The molecule has 2 rings (SSSR count). The summed E-state index contributed by atoms with van der Waals surface area (Å²) in [5.41, 5.74) is 2.14. The molecule has 1 heterocycles. The smallest absolute Gasteiger partial charge is 0.338 e. The molecule has 0 spiro atoms. The molecule has 84 valence electrons. The van der Waals surface area contributed by atoms with Gasteiger partial charge in [0.05, 0.1) is 5.56 Å². The molecule has 0 amide bonds. The largest absolute Gasteiger partial charge is 0.478 e. The SMILES string of the molecule is CC(C)Cc1[nH]c2ccccc2c1C(=O)O. The van der Waals surface area contributed by atoms with E-state index in [4.69, 9.17) is 0 Å². The molecule has 0 saturated carbocycles. The Morgan fingerprint density at radius 1 is 1.38 bits per heavy atom. The standard InChI is InChI=1S/C13H15NO2/c1-8(2)7-11-12(13(15)16)9-5-3-4-6-10(9)14-11/h3-6,8,14H,7H2,1-2H3,(H,15,16). The number of carboxylic acids is 1. The minimum atomic E-state index is -0.854. The predicted octanol–water partition coefficient (Wildman–Crippen LogP) is 3.06. The van der Waals surface area contributed by atoms with Gasteiger partial charge in [0.25, 0.3) is 0 Å². The normalized spacial score (nSPS) is 11.2. The maximum atomic E-state index is 11.3. The van der Waals surface area contributed by atoms with Crippen LogP contribution in [-0.4, -0.2) is 16.1 Å². The molecule has 3 nitrogen and oxygen atoms in total. The first-order valence-corrected chi connectivity index (χ1v) is 5.42. The zero-order chi connectivity index (χ0) is 11.7. The van der Waals surface area contributed by atoms with E-state index in [0.29, 0.717) is 11.5 Å². The van der Waals surface area contributed by atoms with Crippen LogP contribution in [0.25, 0.3) is 10.9 Å². The van der Waals surface area contributed by atoms with E-state index in [9.17, 15) is 9.90 Å². The van der Waals surface area contributed by atoms with Gasteiger partial charge in [0.2, 0.25) is 0 Å². The maximum absolute atomic E-state index is 11.3. The monoisotopic (exact) mass is 217 g/mol. The average Bonchev–Trinajstić information content (AvgIpc) is 2.53. The summed E-state index contributed by atoms with van der Waals surface area (Å²) < 4.78 is 0. The molecule has 0 unspecified atom stereocenters. The molecule has 3 heteroatoms. The lowest BCUT2D eigenvalue weighted by Gasteiger charge is -2.03. The Balaban J connectivity index is 2.63. The highest BCUT2D eigenvalue weighted by atomic mass is 16.4. The van der Waals surface area contributed by atoms with E-state index in [1.54, 1.807) is 0 Å². The summed E-state index contributed by atoms with van der Waals surface area (Å²) in [4.78, 5) is 14.5. The number of hydrogen-bond donors (Lipinski definition) is 2. The first-order valence-electron chi connectivity index (χ1n) is 5.42. The first-order chi connectivity index (χ1) is 7.59. The fourth-order valence-electron chi connectivity index (χ4n) is 2.00. The van der Waals surface area contributed by atoms with Crippen molar-refractivity contribution in [2.75, 3.05) is 0 Å². The van der Waals surface area contributed by atoms with Gasteiger partial charge in [-0.3, -0.25) is 0 Å². The summed E-state index contributed by atoms with van der Waals surface area (Å²) >= 11 is 0. The Kier molecular flexibility index (Phi) is 2.69. The van der Waals surface area contributed by atoms with Gasteiger partial charge in [-0.2, -0.15) is 0 Å². The summed E-state index contributed by atoms with van der Waals surface area (Å²) in [6.45, 7) is 4.16. The number of H-pyrrole nitrogens is 1. The third-order valence-corrected chi connectivity index (χ3v) is 2.61. The fraction of sp³-hybridized carbons (Fsp3) is 0.308. The molecule has 2 aromatic rings. The molecule has 0 aliphatic carbocycles.